The molecule has 0 fully saturated rings. The summed E-state index contributed by atoms with van der Waals surface area (Å²) < 4.78 is 15.9. The van der Waals surface area contributed by atoms with E-state index in [9.17, 15) is 0 Å². The fraction of sp³-hybridized carbons (Fsp3) is 0.667. The monoisotopic (exact) mass is 352 g/mol. The summed E-state index contributed by atoms with van der Waals surface area (Å²) in [5, 5.41) is 6.54. The van der Waals surface area contributed by atoms with Gasteiger partial charge in [-0.3, -0.25) is 0 Å². The zero-order valence-corrected chi connectivity index (χ0v) is 15.7. The van der Waals surface area contributed by atoms with Crippen LogP contribution in [0.4, 0.5) is 0 Å². The Hall–Kier alpha value is -1.86. The molecule has 0 saturated carbocycles. The summed E-state index contributed by atoms with van der Waals surface area (Å²) in [6.45, 7) is 8.98. The van der Waals surface area contributed by atoms with Gasteiger partial charge in [-0.2, -0.15) is 0 Å². The minimum absolute atomic E-state index is 0.570. The van der Waals surface area contributed by atoms with E-state index in [4.69, 9.17) is 14.2 Å². The number of aliphatic imine (C=N–C) groups is 1. The topological polar surface area (TPSA) is 77.0 Å². The van der Waals surface area contributed by atoms with Crippen LogP contribution in [-0.2, 0) is 16.0 Å². The van der Waals surface area contributed by atoms with E-state index in [1.807, 2.05) is 25.3 Å². The van der Waals surface area contributed by atoms with Crippen LogP contribution in [0.25, 0.3) is 0 Å². The first-order valence-corrected chi connectivity index (χ1v) is 8.96. The lowest BCUT2D eigenvalue weighted by molar-refractivity contribution is 0.0698. The molecule has 0 atom stereocenters. The standard InChI is InChI=1S/C18H32N4O3/c1-4-10-25-17-8-7-16(14-21-17)15-22-18(19-5-2)20-9-6-11-24-13-12-23-3/h7-8,14H,4-6,9-13,15H2,1-3H3,(H2,19,20,22). The highest BCUT2D eigenvalue weighted by Gasteiger charge is 1.99. The SMILES string of the molecule is CCCOc1ccc(CN=C(NCC)NCCCOCCOC)cn1. The Kier molecular flexibility index (Phi) is 12.3. The smallest absolute Gasteiger partial charge is 0.213 e. The number of rotatable bonds is 13. The normalized spacial score (nSPS) is 11.4. The van der Waals surface area contributed by atoms with Crippen LogP contribution in [0.5, 0.6) is 5.88 Å². The number of nitrogens with zero attached hydrogens (tertiary/aromatic N) is 2. The highest BCUT2D eigenvalue weighted by atomic mass is 16.5. The van der Waals surface area contributed by atoms with Gasteiger partial charge < -0.3 is 24.8 Å². The zero-order valence-electron chi connectivity index (χ0n) is 15.7. The van der Waals surface area contributed by atoms with Crippen LogP contribution in [-0.4, -0.2) is 57.6 Å². The number of methoxy groups -OCH3 is 1. The first-order chi connectivity index (χ1) is 12.3. The van der Waals surface area contributed by atoms with Gasteiger partial charge in [0.2, 0.25) is 5.88 Å². The maximum atomic E-state index is 5.48. The molecule has 0 aliphatic carbocycles. The molecule has 0 saturated heterocycles. The number of pyridine rings is 1. The molecule has 7 nitrogen and oxygen atoms in total. The minimum atomic E-state index is 0.570. The quantitative estimate of drug-likeness (QED) is 0.321. The van der Waals surface area contributed by atoms with Gasteiger partial charge in [-0.05, 0) is 25.3 Å². The highest BCUT2D eigenvalue weighted by Crippen LogP contribution is 2.08. The molecule has 1 aromatic heterocycles. The number of hydrogen-bond acceptors (Lipinski definition) is 5. The van der Waals surface area contributed by atoms with Crippen molar-refractivity contribution >= 4 is 5.96 Å². The Morgan fingerprint density at radius 2 is 2.00 bits per heavy atom. The van der Waals surface area contributed by atoms with E-state index in [0.717, 1.165) is 37.5 Å². The van der Waals surface area contributed by atoms with Gasteiger partial charge in [-0.1, -0.05) is 13.0 Å². The van der Waals surface area contributed by atoms with Gasteiger partial charge in [-0.25, -0.2) is 9.98 Å². The molecular formula is C18H32N4O3. The molecule has 142 valence electrons. The van der Waals surface area contributed by atoms with Crippen LogP contribution in [0.2, 0.25) is 0 Å². The molecule has 7 heteroatoms. The Bertz CT molecular complexity index is 466. The minimum Gasteiger partial charge on any atom is -0.478 e. The van der Waals surface area contributed by atoms with E-state index < -0.39 is 0 Å². The molecule has 25 heavy (non-hydrogen) atoms. The van der Waals surface area contributed by atoms with Crippen LogP contribution in [0, 0.1) is 0 Å². The second-order valence-electron chi connectivity index (χ2n) is 5.43. The third kappa shape index (κ3) is 10.6. The predicted octanol–water partition coefficient (Wildman–Crippen LogP) is 1.98. The molecule has 1 rings (SSSR count). The summed E-state index contributed by atoms with van der Waals surface area (Å²) >= 11 is 0. The molecule has 1 aromatic rings. The van der Waals surface area contributed by atoms with Crippen molar-refractivity contribution in [2.45, 2.75) is 33.2 Å². The molecule has 1 heterocycles. The largest absolute Gasteiger partial charge is 0.478 e. The lowest BCUT2D eigenvalue weighted by Crippen LogP contribution is -2.38. The fourth-order valence-corrected chi connectivity index (χ4v) is 1.93. The molecular weight excluding hydrogens is 320 g/mol. The zero-order chi connectivity index (χ0) is 18.2. The van der Waals surface area contributed by atoms with Crippen molar-refractivity contribution in [1.29, 1.82) is 0 Å². The molecule has 0 aromatic carbocycles. The first-order valence-electron chi connectivity index (χ1n) is 8.96. The van der Waals surface area contributed by atoms with E-state index in [1.165, 1.54) is 0 Å². The maximum Gasteiger partial charge on any atom is 0.213 e. The van der Waals surface area contributed by atoms with Crippen molar-refractivity contribution in [3.05, 3.63) is 23.9 Å². The molecule has 0 amide bonds. The summed E-state index contributed by atoms with van der Waals surface area (Å²) in [6.07, 6.45) is 3.70. The maximum absolute atomic E-state index is 5.48. The van der Waals surface area contributed by atoms with Crippen LogP contribution in [0.15, 0.2) is 23.3 Å². The lowest BCUT2D eigenvalue weighted by Gasteiger charge is -2.11. The summed E-state index contributed by atoms with van der Waals surface area (Å²) in [5.41, 5.74) is 1.05. The molecule has 0 unspecified atom stereocenters. The van der Waals surface area contributed by atoms with E-state index in [2.05, 4.69) is 27.5 Å². The Labute approximate surface area is 151 Å². The van der Waals surface area contributed by atoms with Crippen molar-refractivity contribution in [3.8, 4) is 5.88 Å². The van der Waals surface area contributed by atoms with Crippen molar-refractivity contribution in [3.63, 3.8) is 0 Å². The van der Waals surface area contributed by atoms with E-state index in [0.29, 0.717) is 38.9 Å². The third-order valence-corrected chi connectivity index (χ3v) is 3.21. The van der Waals surface area contributed by atoms with Crippen LogP contribution >= 0.6 is 0 Å². The van der Waals surface area contributed by atoms with Gasteiger partial charge in [0.15, 0.2) is 5.96 Å². The van der Waals surface area contributed by atoms with Crippen molar-refractivity contribution in [2.75, 3.05) is 46.6 Å². The van der Waals surface area contributed by atoms with Crippen LogP contribution < -0.4 is 15.4 Å². The van der Waals surface area contributed by atoms with Gasteiger partial charge in [0.1, 0.15) is 0 Å². The summed E-state index contributed by atoms with van der Waals surface area (Å²) in [4.78, 5) is 8.87. The summed E-state index contributed by atoms with van der Waals surface area (Å²) in [6, 6.07) is 3.88. The number of nitrogens with one attached hydrogen (secondary N) is 2. The average molecular weight is 352 g/mol. The Balaban J connectivity index is 2.33. The van der Waals surface area contributed by atoms with Crippen LogP contribution in [0.1, 0.15) is 32.3 Å². The Morgan fingerprint density at radius 1 is 1.12 bits per heavy atom. The average Bonchev–Trinajstić information content (AvgIpc) is 2.64. The molecule has 0 radical (unpaired) electrons. The number of guanidine groups is 1. The highest BCUT2D eigenvalue weighted by molar-refractivity contribution is 5.79. The van der Waals surface area contributed by atoms with Crippen molar-refractivity contribution < 1.29 is 14.2 Å². The third-order valence-electron chi connectivity index (χ3n) is 3.21. The molecule has 0 aliphatic heterocycles. The van der Waals surface area contributed by atoms with Gasteiger partial charge >= 0.3 is 0 Å². The number of hydrogen-bond donors (Lipinski definition) is 2. The van der Waals surface area contributed by atoms with Crippen molar-refractivity contribution in [2.24, 2.45) is 4.99 Å². The van der Waals surface area contributed by atoms with Crippen molar-refractivity contribution in [1.82, 2.24) is 15.6 Å². The summed E-state index contributed by atoms with van der Waals surface area (Å²) in [5.74, 6) is 1.46. The van der Waals surface area contributed by atoms with Gasteiger partial charge in [-0.15, -0.1) is 0 Å². The molecule has 0 spiro atoms. The van der Waals surface area contributed by atoms with Gasteiger partial charge in [0, 0.05) is 39.1 Å². The second kappa shape index (κ2) is 14.5. The van der Waals surface area contributed by atoms with E-state index in [-0.39, 0.29) is 0 Å². The first kappa shape index (κ1) is 21.2. The predicted molar refractivity (Wildman–Crippen MR) is 100 cm³/mol. The second-order valence-corrected chi connectivity index (χ2v) is 5.43. The number of ether oxygens (including phenoxy) is 3. The molecule has 0 aliphatic rings. The lowest BCUT2D eigenvalue weighted by atomic mass is 10.3. The number of aromatic nitrogens is 1. The van der Waals surface area contributed by atoms with E-state index >= 15 is 0 Å². The van der Waals surface area contributed by atoms with Crippen LogP contribution in [0.3, 0.4) is 0 Å². The van der Waals surface area contributed by atoms with Gasteiger partial charge in [0.05, 0.1) is 26.4 Å². The molecule has 2 N–H and O–H groups in total. The Morgan fingerprint density at radius 3 is 2.68 bits per heavy atom. The summed E-state index contributed by atoms with van der Waals surface area (Å²) in [7, 11) is 1.67. The fourth-order valence-electron chi connectivity index (χ4n) is 1.93. The van der Waals surface area contributed by atoms with Gasteiger partial charge in [0.25, 0.3) is 0 Å². The van der Waals surface area contributed by atoms with E-state index in [1.54, 1.807) is 7.11 Å². The molecule has 0 bridgehead atoms.